The van der Waals surface area contributed by atoms with Crippen molar-refractivity contribution in [1.82, 2.24) is 15.2 Å². The fraction of sp³-hybridized carbons (Fsp3) is 0.667. The number of carbonyl (C=O) groups is 1. The van der Waals surface area contributed by atoms with Gasteiger partial charge in [-0.1, -0.05) is 6.92 Å². The van der Waals surface area contributed by atoms with Gasteiger partial charge in [0.05, 0.1) is 11.7 Å². The molecule has 3 heterocycles. The third-order valence-corrected chi connectivity index (χ3v) is 7.24. The maximum atomic E-state index is 13.1. The van der Waals surface area contributed by atoms with E-state index >= 15 is 0 Å². The van der Waals surface area contributed by atoms with E-state index in [9.17, 15) is 15.0 Å². The highest BCUT2D eigenvalue weighted by Crippen LogP contribution is 2.35. The predicted molar refractivity (Wildman–Crippen MR) is 123 cm³/mol. The minimum atomic E-state index is -1.24. The number of piperidine rings is 1. The molecular formula is C24H36N4O4. The Morgan fingerprint density at radius 2 is 1.91 bits per heavy atom. The Morgan fingerprint density at radius 1 is 1.19 bits per heavy atom. The molecule has 32 heavy (non-hydrogen) atoms. The first kappa shape index (κ1) is 23.0. The number of carbonyl (C=O) groups excluding carboxylic acids is 1. The van der Waals surface area contributed by atoms with E-state index < -0.39 is 12.1 Å². The molecule has 176 valence electrons. The largest absolute Gasteiger partial charge is 0.507 e. The van der Waals surface area contributed by atoms with Crippen molar-refractivity contribution in [2.75, 3.05) is 38.2 Å². The Hall–Kier alpha value is -2.16. The number of pyridine rings is 1. The molecule has 1 saturated carbocycles. The lowest BCUT2D eigenvalue weighted by Gasteiger charge is -2.38. The van der Waals surface area contributed by atoms with Crippen LogP contribution in [0.15, 0.2) is 23.9 Å². The first-order chi connectivity index (χ1) is 15.5. The number of aliphatic hydroxyl groups is 2. The van der Waals surface area contributed by atoms with Crippen LogP contribution in [0, 0.1) is 5.92 Å². The molecule has 1 unspecified atom stereocenters. The highest BCUT2D eigenvalue weighted by Gasteiger charge is 2.37. The average molecular weight is 445 g/mol. The van der Waals surface area contributed by atoms with Crippen LogP contribution in [-0.2, 0) is 9.53 Å². The summed E-state index contributed by atoms with van der Waals surface area (Å²) in [4.78, 5) is 21.6. The fourth-order valence-electron chi connectivity index (χ4n) is 5.09. The van der Waals surface area contributed by atoms with Gasteiger partial charge in [-0.3, -0.25) is 4.79 Å². The Kier molecular flexibility index (Phi) is 7.33. The van der Waals surface area contributed by atoms with Gasteiger partial charge in [0.25, 0.3) is 5.91 Å². The molecule has 0 spiro atoms. The van der Waals surface area contributed by atoms with Crippen molar-refractivity contribution >= 4 is 17.5 Å². The Morgan fingerprint density at radius 3 is 2.59 bits per heavy atom. The lowest BCUT2D eigenvalue weighted by atomic mass is 9.87. The van der Waals surface area contributed by atoms with Crippen molar-refractivity contribution in [3.63, 3.8) is 0 Å². The summed E-state index contributed by atoms with van der Waals surface area (Å²) in [5.74, 6) is 0.611. The summed E-state index contributed by atoms with van der Waals surface area (Å²) in [6, 6.07) is 3.56. The summed E-state index contributed by atoms with van der Waals surface area (Å²) in [6.07, 6.45) is 6.71. The maximum Gasteiger partial charge on any atom is 0.255 e. The van der Waals surface area contributed by atoms with E-state index in [1.165, 1.54) is 0 Å². The minimum Gasteiger partial charge on any atom is -0.507 e. The molecule has 8 nitrogen and oxygen atoms in total. The SMILES string of the molecule is COC1CCN(CCN2c3ncccc3C(O)=C(C(=O)NC3CCC(C)CC3)C2O)CC1. The summed E-state index contributed by atoms with van der Waals surface area (Å²) in [5.41, 5.74) is 0.500. The van der Waals surface area contributed by atoms with Crippen LogP contribution in [0.2, 0.25) is 0 Å². The summed E-state index contributed by atoms with van der Waals surface area (Å²) in [5, 5.41) is 25.1. The number of amides is 1. The van der Waals surface area contributed by atoms with E-state index in [4.69, 9.17) is 4.74 Å². The van der Waals surface area contributed by atoms with Crippen LogP contribution in [0.4, 0.5) is 5.82 Å². The number of hydrogen-bond acceptors (Lipinski definition) is 7. The van der Waals surface area contributed by atoms with Gasteiger partial charge in [-0.15, -0.1) is 0 Å². The van der Waals surface area contributed by atoms with Crippen molar-refractivity contribution < 1.29 is 19.7 Å². The summed E-state index contributed by atoms with van der Waals surface area (Å²) in [6.45, 7) is 5.35. The molecule has 1 aromatic heterocycles. The molecule has 4 rings (SSSR count). The molecule has 8 heteroatoms. The van der Waals surface area contributed by atoms with Gasteiger partial charge in [0.1, 0.15) is 17.2 Å². The number of anilines is 1. The van der Waals surface area contributed by atoms with Crippen LogP contribution in [0.3, 0.4) is 0 Å². The van der Waals surface area contributed by atoms with Gasteiger partial charge in [0.15, 0.2) is 6.23 Å². The second-order valence-corrected chi connectivity index (χ2v) is 9.41. The molecule has 1 amide bonds. The molecule has 2 fully saturated rings. The number of nitrogens with zero attached hydrogens (tertiary/aromatic N) is 3. The van der Waals surface area contributed by atoms with Crippen LogP contribution in [0.25, 0.3) is 5.76 Å². The summed E-state index contributed by atoms with van der Waals surface area (Å²) in [7, 11) is 1.76. The zero-order valence-corrected chi connectivity index (χ0v) is 19.2. The number of rotatable bonds is 6. The molecule has 1 aliphatic carbocycles. The van der Waals surface area contributed by atoms with Crippen LogP contribution >= 0.6 is 0 Å². The van der Waals surface area contributed by atoms with E-state index in [0.29, 0.717) is 29.9 Å². The Labute approximate surface area is 190 Å². The average Bonchev–Trinajstić information content (AvgIpc) is 2.81. The van der Waals surface area contributed by atoms with Crippen LogP contribution in [-0.4, -0.2) is 77.7 Å². The lowest BCUT2D eigenvalue weighted by Crippen LogP contribution is -2.50. The Bertz CT molecular complexity index is 829. The number of aromatic nitrogens is 1. The predicted octanol–water partition coefficient (Wildman–Crippen LogP) is 2.29. The van der Waals surface area contributed by atoms with Crippen LogP contribution in [0.1, 0.15) is 51.0 Å². The van der Waals surface area contributed by atoms with E-state index in [2.05, 4.69) is 22.1 Å². The molecule has 0 radical (unpaired) electrons. The zero-order chi connectivity index (χ0) is 22.7. The van der Waals surface area contributed by atoms with Crippen molar-refractivity contribution in [2.45, 2.75) is 63.8 Å². The minimum absolute atomic E-state index is 0.0159. The van der Waals surface area contributed by atoms with Gasteiger partial charge >= 0.3 is 0 Å². The molecule has 1 saturated heterocycles. The third kappa shape index (κ3) is 4.92. The van der Waals surface area contributed by atoms with Crippen molar-refractivity contribution in [2.24, 2.45) is 5.92 Å². The third-order valence-electron chi connectivity index (χ3n) is 7.24. The van der Waals surface area contributed by atoms with E-state index in [1.807, 2.05) is 0 Å². The number of methoxy groups -OCH3 is 1. The summed E-state index contributed by atoms with van der Waals surface area (Å²) >= 11 is 0. The van der Waals surface area contributed by atoms with Gasteiger partial charge in [0, 0.05) is 45.5 Å². The zero-order valence-electron chi connectivity index (χ0n) is 19.2. The van der Waals surface area contributed by atoms with Crippen molar-refractivity contribution in [3.8, 4) is 0 Å². The molecule has 3 aliphatic rings. The molecule has 3 N–H and O–H groups in total. The molecule has 1 atom stereocenters. The number of likely N-dealkylation sites (tertiary alicyclic amines) is 1. The molecular weight excluding hydrogens is 408 g/mol. The molecule has 0 bridgehead atoms. The van der Waals surface area contributed by atoms with E-state index in [-0.39, 0.29) is 17.4 Å². The fourth-order valence-corrected chi connectivity index (χ4v) is 5.09. The molecule has 1 aromatic rings. The topological polar surface area (TPSA) is 98.2 Å². The Balaban J connectivity index is 1.48. The van der Waals surface area contributed by atoms with E-state index in [1.54, 1.807) is 30.3 Å². The maximum absolute atomic E-state index is 13.1. The van der Waals surface area contributed by atoms with Crippen molar-refractivity contribution in [3.05, 3.63) is 29.5 Å². The number of nitrogens with one attached hydrogen (secondary N) is 1. The first-order valence-electron chi connectivity index (χ1n) is 11.9. The highest BCUT2D eigenvalue weighted by atomic mass is 16.5. The normalized spacial score (nSPS) is 27.3. The number of hydrogen-bond donors (Lipinski definition) is 3. The number of fused-ring (bicyclic) bond motifs is 1. The summed E-state index contributed by atoms with van der Waals surface area (Å²) < 4.78 is 5.45. The standard InChI is InChI=1S/C24H36N4O4/c1-16-5-7-17(8-6-16)26-23(30)20-21(29)19-4-3-11-25-22(19)28(24(20)31)15-14-27-12-9-18(32-2)10-13-27/h3-4,11,16-18,24,29,31H,5-10,12-15H2,1-2H3,(H,26,30). The van der Waals surface area contributed by atoms with Crippen LogP contribution in [0.5, 0.6) is 0 Å². The van der Waals surface area contributed by atoms with Gasteiger partial charge in [-0.25, -0.2) is 4.98 Å². The van der Waals surface area contributed by atoms with Crippen molar-refractivity contribution in [1.29, 1.82) is 0 Å². The lowest BCUT2D eigenvalue weighted by molar-refractivity contribution is -0.119. The quantitative estimate of drug-likeness (QED) is 0.619. The van der Waals surface area contributed by atoms with Gasteiger partial charge in [-0.05, 0) is 56.6 Å². The molecule has 0 aromatic carbocycles. The smallest absolute Gasteiger partial charge is 0.255 e. The monoisotopic (exact) mass is 444 g/mol. The molecule has 2 aliphatic heterocycles. The second-order valence-electron chi connectivity index (χ2n) is 9.41. The second kappa shape index (κ2) is 10.2. The number of ether oxygens (including phenoxy) is 1. The number of aliphatic hydroxyl groups excluding tert-OH is 2. The van der Waals surface area contributed by atoms with Gasteiger partial charge < -0.3 is 30.1 Å². The van der Waals surface area contributed by atoms with Gasteiger partial charge in [-0.2, -0.15) is 0 Å². The van der Waals surface area contributed by atoms with Crippen LogP contribution < -0.4 is 10.2 Å². The first-order valence-corrected chi connectivity index (χ1v) is 11.9. The van der Waals surface area contributed by atoms with E-state index in [0.717, 1.165) is 58.2 Å². The van der Waals surface area contributed by atoms with Gasteiger partial charge in [0.2, 0.25) is 0 Å². The highest BCUT2D eigenvalue weighted by molar-refractivity contribution is 6.03.